The summed E-state index contributed by atoms with van der Waals surface area (Å²) in [7, 11) is 1.62. The Morgan fingerprint density at radius 3 is 2.77 bits per heavy atom. The van der Waals surface area contributed by atoms with E-state index in [9.17, 15) is 4.79 Å². The molecule has 0 atom stereocenters. The van der Waals surface area contributed by atoms with E-state index < -0.39 is 5.91 Å². The monoisotopic (exact) mass is 295 g/mol. The van der Waals surface area contributed by atoms with Crippen molar-refractivity contribution in [3.8, 4) is 5.75 Å². The number of carbonyl (C=O) groups is 1. The number of fused-ring (bicyclic) bond motifs is 1. The standard InChI is InChI=1S/C17H17N3O2/c1-11-6-7-15(22-2)13-9-14(17(18)21)20(16(11)13)10-12-5-3-4-8-19-12/h3-9H,10H2,1-2H3,(H2,18,21). The summed E-state index contributed by atoms with van der Waals surface area (Å²) in [5.41, 5.74) is 8.87. The predicted octanol–water partition coefficient (Wildman–Crippen LogP) is 2.50. The van der Waals surface area contributed by atoms with Crippen molar-refractivity contribution in [2.45, 2.75) is 13.5 Å². The average Bonchev–Trinajstić information content (AvgIpc) is 2.89. The van der Waals surface area contributed by atoms with Gasteiger partial charge >= 0.3 is 0 Å². The number of amides is 1. The molecule has 0 saturated heterocycles. The number of primary amides is 1. The highest BCUT2D eigenvalue weighted by molar-refractivity contribution is 6.00. The third kappa shape index (κ3) is 2.30. The van der Waals surface area contributed by atoms with Gasteiger partial charge in [0.1, 0.15) is 11.4 Å². The molecule has 0 fully saturated rings. The molecular weight excluding hydrogens is 278 g/mol. The molecule has 0 aliphatic heterocycles. The van der Waals surface area contributed by atoms with Crippen LogP contribution in [0, 0.1) is 6.92 Å². The Morgan fingerprint density at radius 1 is 1.32 bits per heavy atom. The summed E-state index contributed by atoms with van der Waals surface area (Å²) in [5, 5.41) is 0.882. The Morgan fingerprint density at radius 2 is 2.14 bits per heavy atom. The van der Waals surface area contributed by atoms with E-state index in [-0.39, 0.29) is 0 Å². The van der Waals surface area contributed by atoms with Crippen LogP contribution in [0.3, 0.4) is 0 Å². The number of aromatic nitrogens is 2. The van der Waals surface area contributed by atoms with E-state index in [0.29, 0.717) is 12.2 Å². The van der Waals surface area contributed by atoms with Gasteiger partial charge in [0, 0.05) is 11.6 Å². The molecule has 2 heterocycles. The fourth-order valence-electron chi connectivity index (χ4n) is 2.73. The number of methoxy groups -OCH3 is 1. The quantitative estimate of drug-likeness (QED) is 0.804. The Bertz CT molecular complexity index is 838. The summed E-state index contributed by atoms with van der Waals surface area (Å²) in [6.07, 6.45) is 1.73. The van der Waals surface area contributed by atoms with Crippen LogP contribution in [0.4, 0.5) is 0 Å². The van der Waals surface area contributed by atoms with Crippen LogP contribution in [0.1, 0.15) is 21.7 Å². The summed E-state index contributed by atoms with van der Waals surface area (Å²) in [6.45, 7) is 2.48. The van der Waals surface area contributed by atoms with Gasteiger partial charge in [-0.1, -0.05) is 12.1 Å². The summed E-state index contributed by atoms with van der Waals surface area (Å²) in [6, 6.07) is 11.4. The Kier molecular flexibility index (Phi) is 3.55. The highest BCUT2D eigenvalue weighted by Gasteiger charge is 2.18. The van der Waals surface area contributed by atoms with Crippen LogP contribution in [0.25, 0.3) is 10.9 Å². The highest BCUT2D eigenvalue weighted by Crippen LogP contribution is 2.31. The van der Waals surface area contributed by atoms with Gasteiger partial charge in [-0.25, -0.2) is 0 Å². The number of hydrogen-bond acceptors (Lipinski definition) is 3. The molecule has 0 bridgehead atoms. The van der Waals surface area contributed by atoms with Crippen molar-refractivity contribution in [2.75, 3.05) is 7.11 Å². The molecule has 5 heteroatoms. The molecule has 0 spiro atoms. The van der Waals surface area contributed by atoms with Crippen molar-refractivity contribution in [1.29, 1.82) is 0 Å². The summed E-state index contributed by atoms with van der Waals surface area (Å²) in [5.74, 6) is 0.261. The van der Waals surface area contributed by atoms with Gasteiger partial charge in [-0.3, -0.25) is 9.78 Å². The van der Waals surface area contributed by atoms with E-state index in [0.717, 1.165) is 27.9 Å². The molecular formula is C17H17N3O2. The highest BCUT2D eigenvalue weighted by atomic mass is 16.5. The van der Waals surface area contributed by atoms with Crippen LogP contribution in [0.15, 0.2) is 42.6 Å². The number of nitrogens with two attached hydrogens (primary N) is 1. The lowest BCUT2D eigenvalue weighted by Crippen LogP contribution is -2.17. The predicted molar refractivity (Wildman–Crippen MR) is 85.1 cm³/mol. The molecule has 1 amide bonds. The molecule has 3 aromatic rings. The number of ether oxygens (including phenoxy) is 1. The first-order chi connectivity index (χ1) is 10.6. The zero-order valence-corrected chi connectivity index (χ0v) is 12.5. The van der Waals surface area contributed by atoms with Gasteiger partial charge in [0.15, 0.2) is 0 Å². The maximum absolute atomic E-state index is 11.8. The van der Waals surface area contributed by atoms with E-state index in [1.807, 2.05) is 41.8 Å². The topological polar surface area (TPSA) is 70.1 Å². The first-order valence-corrected chi connectivity index (χ1v) is 6.98. The number of nitrogens with zero attached hydrogens (tertiary/aromatic N) is 2. The van der Waals surface area contributed by atoms with E-state index in [2.05, 4.69) is 4.98 Å². The van der Waals surface area contributed by atoms with Crippen LogP contribution in [-0.2, 0) is 6.54 Å². The zero-order valence-electron chi connectivity index (χ0n) is 12.5. The average molecular weight is 295 g/mol. The molecule has 0 unspecified atom stereocenters. The minimum atomic E-state index is -0.464. The fourth-order valence-corrected chi connectivity index (χ4v) is 2.73. The Labute approximate surface area is 128 Å². The van der Waals surface area contributed by atoms with Crippen molar-refractivity contribution in [3.05, 3.63) is 59.5 Å². The molecule has 5 nitrogen and oxygen atoms in total. The third-order valence-electron chi connectivity index (χ3n) is 3.74. The van der Waals surface area contributed by atoms with Crippen molar-refractivity contribution in [3.63, 3.8) is 0 Å². The summed E-state index contributed by atoms with van der Waals surface area (Å²) < 4.78 is 7.30. The zero-order chi connectivity index (χ0) is 15.7. The van der Waals surface area contributed by atoms with E-state index in [1.54, 1.807) is 19.4 Å². The minimum Gasteiger partial charge on any atom is -0.496 e. The van der Waals surface area contributed by atoms with Crippen LogP contribution in [0.5, 0.6) is 5.75 Å². The summed E-state index contributed by atoms with van der Waals surface area (Å²) in [4.78, 5) is 16.2. The van der Waals surface area contributed by atoms with Crippen molar-refractivity contribution in [1.82, 2.24) is 9.55 Å². The van der Waals surface area contributed by atoms with E-state index in [1.165, 1.54) is 0 Å². The number of aryl methyl sites for hydroxylation is 1. The first kappa shape index (κ1) is 14.1. The lowest BCUT2D eigenvalue weighted by atomic mass is 10.1. The molecule has 2 N–H and O–H groups in total. The molecule has 0 aliphatic rings. The van der Waals surface area contributed by atoms with Gasteiger partial charge < -0.3 is 15.0 Å². The normalized spacial score (nSPS) is 10.8. The van der Waals surface area contributed by atoms with Gasteiger partial charge in [-0.15, -0.1) is 0 Å². The lowest BCUT2D eigenvalue weighted by Gasteiger charge is -2.11. The van der Waals surface area contributed by atoms with Crippen molar-refractivity contribution >= 4 is 16.8 Å². The van der Waals surface area contributed by atoms with Gasteiger partial charge in [0.25, 0.3) is 5.91 Å². The van der Waals surface area contributed by atoms with Crippen molar-refractivity contribution < 1.29 is 9.53 Å². The Balaban J connectivity index is 2.26. The molecule has 3 rings (SSSR count). The molecule has 0 aliphatic carbocycles. The second-order valence-electron chi connectivity index (χ2n) is 5.15. The smallest absolute Gasteiger partial charge is 0.265 e. The first-order valence-electron chi connectivity index (χ1n) is 6.98. The lowest BCUT2D eigenvalue weighted by molar-refractivity contribution is 0.0992. The number of carbonyl (C=O) groups excluding carboxylic acids is 1. The van der Waals surface area contributed by atoms with Crippen LogP contribution in [-0.4, -0.2) is 22.6 Å². The van der Waals surface area contributed by atoms with E-state index >= 15 is 0 Å². The largest absolute Gasteiger partial charge is 0.496 e. The van der Waals surface area contributed by atoms with Crippen molar-refractivity contribution in [2.24, 2.45) is 5.73 Å². The maximum atomic E-state index is 11.8. The van der Waals surface area contributed by atoms with Gasteiger partial charge in [-0.05, 0) is 36.8 Å². The number of pyridine rings is 1. The molecule has 0 saturated carbocycles. The molecule has 22 heavy (non-hydrogen) atoms. The summed E-state index contributed by atoms with van der Waals surface area (Å²) >= 11 is 0. The third-order valence-corrected chi connectivity index (χ3v) is 3.74. The molecule has 1 aromatic carbocycles. The number of hydrogen-bond donors (Lipinski definition) is 1. The van der Waals surface area contributed by atoms with Gasteiger partial charge in [0.2, 0.25) is 0 Å². The number of rotatable bonds is 4. The van der Waals surface area contributed by atoms with Crippen LogP contribution in [0.2, 0.25) is 0 Å². The molecule has 2 aromatic heterocycles. The fraction of sp³-hybridized carbons (Fsp3) is 0.176. The van der Waals surface area contributed by atoms with Gasteiger partial charge in [-0.2, -0.15) is 0 Å². The second-order valence-corrected chi connectivity index (χ2v) is 5.15. The second kappa shape index (κ2) is 5.52. The Hall–Kier alpha value is -2.82. The molecule has 112 valence electrons. The SMILES string of the molecule is COc1ccc(C)c2c1cc(C(N)=O)n2Cc1ccccn1. The number of benzene rings is 1. The minimum absolute atomic E-state index is 0.452. The van der Waals surface area contributed by atoms with Gasteiger partial charge in [0.05, 0.1) is 24.9 Å². The van der Waals surface area contributed by atoms with Crippen LogP contribution >= 0.6 is 0 Å². The van der Waals surface area contributed by atoms with Crippen LogP contribution < -0.4 is 10.5 Å². The van der Waals surface area contributed by atoms with E-state index in [4.69, 9.17) is 10.5 Å². The maximum Gasteiger partial charge on any atom is 0.265 e. The molecule has 0 radical (unpaired) electrons.